The Morgan fingerprint density at radius 3 is 3.00 bits per heavy atom. The van der Waals surface area contributed by atoms with Crippen LogP contribution in [0.4, 0.5) is 0 Å². The van der Waals surface area contributed by atoms with Gasteiger partial charge in [-0.3, -0.25) is 4.68 Å². The maximum atomic E-state index is 4.03. The molecule has 0 aliphatic rings. The van der Waals surface area contributed by atoms with Gasteiger partial charge in [0.1, 0.15) is 12.7 Å². The number of hydrogen-bond donors (Lipinski definition) is 1. The molecule has 0 spiro atoms. The van der Waals surface area contributed by atoms with Gasteiger partial charge in [-0.05, 0) is 32.9 Å². The quantitative estimate of drug-likeness (QED) is 0.859. The summed E-state index contributed by atoms with van der Waals surface area (Å²) in [6.45, 7) is 2.65. The molecule has 0 saturated heterocycles. The molecule has 88 valence electrons. The van der Waals surface area contributed by atoms with E-state index in [0.29, 0.717) is 0 Å². The van der Waals surface area contributed by atoms with Crippen LogP contribution in [0.2, 0.25) is 0 Å². The van der Waals surface area contributed by atoms with Crippen molar-refractivity contribution in [1.82, 2.24) is 20.1 Å². The lowest BCUT2D eigenvalue weighted by Gasteiger charge is -2.02. The fourth-order valence-corrected chi connectivity index (χ4v) is 2.42. The normalized spacial score (nSPS) is 10.1. The second-order valence-corrected chi connectivity index (χ2v) is 5.38. The SMILES string of the molecule is Brc1cc(CNCCn2cncn2)cs1.Cl. The Balaban J connectivity index is 0.00000128. The van der Waals surface area contributed by atoms with E-state index in [1.807, 2.05) is 4.68 Å². The minimum Gasteiger partial charge on any atom is -0.311 e. The summed E-state index contributed by atoms with van der Waals surface area (Å²) in [5, 5.41) is 9.52. The van der Waals surface area contributed by atoms with Crippen LogP contribution in [-0.2, 0) is 13.1 Å². The van der Waals surface area contributed by atoms with Gasteiger partial charge in [-0.25, -0.2) is 4.98 Å². The fraction of sp³-hybridized carbons (Fsp3) is 0.333. The molecule has 0 radical (unpaired) electrons. The molecule has 0 unspecified atom stereocenters. The number of aromatic nitrogens is 3. The molecule has 0 fully saturated rings. The van der Waals surface area contributed by atoms with Crippen molar-refractivity contribution in [3.05, 3.63) is 33.5 Å². The molecule has 2 aromatic rings. The van der Waals surface area contributed by atoms with Gasteiger partial charge < -0.3 is 5.32 Å². The lowest BCUT2D eigenvalue weighted by atomic mass is 10.3. The molecule has 0 atom stereocenters. The number of hydrogen-bond acceptors (Lipinski definition) is 4. The number of thiophene rings is 1. The summed E-state index contributed by atoms with van der Waals surface area (Å²) in [5.41, 5.74) is 1.31. The summed E-state index contributed by atoms with van der Waals surface area (Å²) >= 11 is 5.15. The molecular formula is C9H12BrClN4S. The summed E-state index contributed by atoms with van der Waals surface area (Å²) < 4.78 is 2.99. The number of rotatable bonds is 5. The van der Waals surface area contributed by atoms with E-state index in [4.69, 9.17) is 0 Å². The Labute approximate surface area is 113 Å². The van der Waals surface area contributed by atoms with Gasteiger partial charge in [0.2, 0.25) is 0 Å². The molecule has 2 rings (SSSR count). The van der Waals surface area contributed by atoms with Crippen molar-refractivity contribution in [2.24, 2.45) is 0 Å². The average Bonchev–Trinajstić information content (AvgIpc) is 2.84. The summed E-state index contributed by atoms with van der Waals surface area (Å²) in [4.78, 5) is 3.88. The van der Waals surface area contributed by atoms with Crippen LogP contribution in [0.1, 0.15) is 5.56 Å². The third-order valence-corrected chi connectivity index (χ3v) is 3.49. The van der Waals surface area contributed by atoms with E-state index < -0.39 is 0 Å². The molecule has 0 amide bonds. The molecule has 0 bridgehead atoms. The van der Waals surface area contributed by atoms with Crippen molar-refractivity contribution in [3.63, 3.8) is 0 Å². The molecule has 4 nitrogen and oxygen atoms in total. The second-order valence-electron chi connectivity index (χ2n) is 3.09. The van der Waals surface area contributed by atoms with Gasteiger partial charge >= 0.3 is 0 Å². The van der Waals surface area contributed by atoms with E-state index >= 15 is 0 Å². The van der Waals surface area contributed by atoms with Gasteiger partial charge in [0.25, 0.3) is 0 Å². The van der Waals surface area contributed by atoms with Crippen LogP contribution in [0.5, 0.6) is 0 Å². The molecule has 0 aliphatic heterocycles. The minimum atomic E-state index is 0. The van der Waals surface area contributed by atoms with Crippen LogP contribution in [0.3, 0.4) is 0 Å². The van der Waals surface area contributed by atoms with Crippen molar-refractivity contribution in [3.8, 4) is 0 Å². The number of halogens is 2. The highest BCUT2D eigenvalue weighted by Crippen LogP contribution is 2.20. The molecule has 0 aromatic carbocycles. The van der Waals surface area contributed by atoms with Crippen LogP contribution in [-0.4, -0.2) is 21.3 Å². The highest BCUT2D eigenvalue weighted by atomic mass is 79.9. The molecule has 2 aromatic heterocycles. The Kier molecular flexibility index (Phi) is 5.97. The molecule has 0 aliphatic carbocycles. The van der Waals surface area contributed by atoms with Gasteiger partial charge in [0.15, 0.2) is 0 Å². The highest BCUT2D eigenvalue weighted by Gasteiger charge is 1.96. The first kappa shape index (κ1) is 13.6. The maximum Gasteiger partial charge on any atom is 0.137 e. The lowest BCUT2D eigenvalue weighted by molar-refractivity contribution is 0.554. The third kappa shape index (κ3) is 4.21. The van der Waals surface area contributed by atoms with Gasteiger partial charge in [-0.15, -0.1) is 23.7 Å². The van der Waals surface area contributed by atoms with Crippen LogP contribution in [0.15, 0.2) is 27.9 Å². The van der Waals surface area contributed by atoms with Gasteiger partial charge in [-0.1, -0.05) is 0 Å². The van der Waals surface area contributed by atoms with Crippen molar-refractivity contribution in [1.29, 1.82) is 0 Å². The molecule has 2 heterocycles. The van der Waals surface area contributed by atoms with E-state index in [9.17, 15) is 0 Å². The predicted octanol–water partition coefficient (Wildman–Crippen LogP) is 2.31. The second kappa shape index (κ2) is 7.01. The van der Waals surface area contributed by atoms with Crippen molar-refractivity contribution in [2.75, 3.05) is 6.54 Å². The lowest BCUT2D eigenvalue weighted by Crippen LogP contribution is -2.19. The molecule has 7 heteroatoms. The highest BCUT2D eigenvalue weighted by molar-refractivity contribution is 9.11. The minimum absolute atomic E-state index is 0. The Morgan fingerprint density at radius 1 is 1.50 bits per heavy atom. The Hall–Kier alpha value is -0.430. The van der Waals surface area contributed by atoms with Crippen LogP contribution in [0, 0.1) is 0 Å². The Bertz CT molecular complexity index is 403. The molecular weight excluding hydrogens is 312 g/mol. The van der Waals surface area contributed by atoms with Crippen molar-refractivity contribution in [2.45, 2.75) is 13.1 Å². The van der Waals surface area contributed by atoms with E-state index in [2.05, 4.69) is 42.8 Å². The summed E-state index contributed by atoms with van der Waals surface area (Å²) in [7, 11) is 0. The van der Waals surface area contributed by atoms with E-state index in [1.165, 1.54) is 9.35 Å². The topological polar surface area (TPSA) is 42.7 Å². The predicted molar refractivity (Wildman–Crippen MR) is 71.0 cm³/mol. The molecule has 1 N–H and O–H groups in total. The maximum absolute atomic E-state index is 4.03. The first-order chi connectivity index (χ1) is 7.34. The van der Waals surface area contributed by atoms with Crippen LogP contribution in [0.25, 0.3) is 0 Å². The van der Waals surface area contributed by atoms with Crippen LogP contribution < -0.4 is 5.32 Å². The average molecular weight is 324 g/mol. The zero-order valence-electron chi connectivity index (χ0n) is 8.47. The zero-order valence-corrected chi connectivity index (χ0v) is 11.7. The number of nitrogens with one attached hydrogen (secondary N) is 1. The first-order valence-electron chi connectivity index (χ1n) is 4.60. The van der Waals surface area contributed by atoms with E-state index in [-0.39, 0.29) is 12.4 Å². The molecule has 0 saturated carbocycles. The first-order valence-corrected chi connectivity index (χ1v) is 6.28. The fourth-order valence-electron chi connectivity index (χ4n) is 1.21. The largest absolute Gasteiger partial charge is 0.311 e. The van der Waals surface area contributed by atoms with E-state index in [1.54, 1.807) is 24.0 Å². The van der Waals surface area contributed by atoms with Gasteiger partial charge in [0, 0.05) is 13.1 Å². The zero-order chi connectivity index (χ0) is 10.5. The van der Waals surface area contributed by atoms with Crippen molar-refractivity contribution < 1.29 is 0 Å². The summed E-state index contributed by atoms with van der Waals surface area (Å²) in [6.07, 6.45) is 3.28. The summed E-state index contributed by atoms with van der Waals surface area (Å²) in [5.74, 6) is 0. The van der Waals surface area contributed by atoms with Crippen LogP contribution >= 0.6 is 39.7 Å². The van der Waals surface area contributed by atoms with Gasteiger partial charge in [0.05, 0.1) is 10.3 Å². The van der Waals surface area contributed by atoms with E-state index in [0.717, 1.165) is 19.6 Å². The summed E-state index contributed by atoms with van der Waals surface area (Å²) in [6, 6.07) is 2.13. The standard InChI is InChI=1S/C9H11BrN4S.ClH/c10-9-3-8(5-15-9)4-11-1-2-14-7-12-6-13-14;/h3,5-7,11H,1-2,4H2;1H. The van der Waals surface area contributed by atoms with Gasteiger partial charge in [-0.2, -0.15) is 5.10 Å². The van der Waals surface area contributed by atoms with Crippen molar-refractivity contribution >= 4 is 39.7 Å². The molecule has 16 heavy (non-hydrogen) atoms. The smallest absolute Gasteiger partial charge is 0.137 e. The monoisotopic (exact) mass is 322 g/mol. The number of nitrogens with zero attached hydrogens (tertiary/aromatic N) is 3. The Morgan fingerprint density at radius 2 is 2.38 bits per heavy atom. The third-order valence-electron chi connectivity index (χ3n) is 1.94.